The van der Waals surface area contributed by atoms with Crippen molar-refractivity contribution in [3.8, 4) is 0 Å². The Balaban J connectivity index is 0.00000364. The molecular formula is C15H21N2NaO7S2. The minimum absolute atomic E-state index is 0. The van der Waals surface area contributed by atoms with E-state index in [1.165, 1.54) is 0 Å². The maximum Gasteiger partial charge on any atom is 1.00 e. The summed E-state index contributed by atoms with van der Waals surface area (Å²) < 4.78 is 55.4. The first-order valence-corrected chi connectivity index (χ1v) is 11.2. The number of benzene rings is 1. The number of hydrogen-bond acceptors (Lipinski definition) is 8. The average Bonchev–Trinajstić information content (AvgIpc) is 3.06. The second kappa shape index (κ2) is 9.31. The molecule has 1 amide bonds. The molecule has 0 aromatic heterocycles. The number of amides is 1. The Morgan fingerprint density at radius 2 is 1.93 bits per heavy atom. The standard InChI is InChI=1S/C15H22N2O7S2.Na/c1-25(20,21)15(19,26(22,23)24)13(10-11-6-3-2-4-7-11)17-14(18)12-8-5-9-16-12;/h2-4,6-7,12-13,16,19H,5,8-10H2,1H3,(H,17,18)(H,22,23,24);/q;+1/p-1/t12-,13?,15?;/m0./s1. The first-order chi connectivity index (χ1) is 12.0. The van der Waals surface area contributed by atoms with E-state index in [1.54, 1.807) is 30.3 Å². The van der Waals surface area contributed by atoms with Gasteiger partial charge in [0.05, 0.1) is 12.1 Å². The summed E-state index contributed by atoms with van der Waals surface area (Å²) in [6.45, 7) is 0.581. The zero-order chi connectivity index (χ0) is 19.6. The monoisotopic (exact) mass is 428 g/mol. The fourth-order valence-electron chi connectivity index (χ4n) is 2.92. The third-order valence-electron chi connectivity index (χ3n) is 4.31. The molecule has 2 unspecified atom stereocenters. The Morgan fingerprint density at radius 1 is 1.33 bits per heavy atom. The smallest absolute Gasteiger partial charge is 0.745 e. The second-order valence-corrected chi connectivity index (χ2v) is 10.2. The van der Waals surface area contributed by atoms with Crippen LogP contribution in [-0.4, -0.2) is 61.6 Å². The van der Waals surface area contributed by atoms with E-state index in [4.69, 9.17) is 0 Å². The van der Waals surface area contributed by atoms with Crippen molar-refractivity contribution in [2.75, 3.05) is 12.8 Å². The Bertz CT molecular complexity index is 821. The van der Waals surface area contributed by atoms with E-state index >= 15 is 0 Å². The number of carbonyl (C=O) groups excluding carboxylic acids is 1. The van der Waals surface area contributed by atoms with Crippen molar-refractivity contribution in [1.82, 2.24) is 10.6 Å². The van der Waals surface area contributed by atoms with Gasteiger partial charge < -0.3 is 20.3 Å². The molecular weight excluding hydrogens is 407 g/mol. The van der Waals surface area contributed by atoms with Crippen molar-refractivity contribution >= 4 is 25.9 Å². The summed E-state index contributed by atoms with van der Waals surface area (Å²) >= 11 is 0. The van der Waals surface area contributed by atoms with E-state index in [1.807, 2.05) is 0 Å². The topological polar surface area (TPSA) is 153 Å². The molecule has 0 saturated carbocycles. The van der Waals surface area contributed by atoms with Crippen LogP contribution in [0.25, 0.3) is 0 Å². The van der Waals surface area contributed by atoms with Gasteiger partial charge in [-0.1, -0.05) is 30.3 Å². The van der Waals surface area contributed by atoms with Gasteiger partial charge in [-0.25, -0.2) is 16.8 Å². The summed E-state index contributed by atoms with van der Waals surface area (Å²) in [6, 6.07) is 5.55. The van der Waals surface area contributed by atoms with Crippen molar-refractivity contribution in [3.05, 3.63) is 35.9 Å². The SMILES string of the molecule is CS(=O)(=O)C(O)(C(Cc1ccccc1)NC(=O)[C@@H]1CCCN1)S(=O)(=O)[O-].[Na+]. The Morgan fingerprint density at radius 3 is 2.37 bits per heavy atom. The Kier molecular flexibility index (Phi) is 8.45. The molecule has 1 heterocycles. The summed E-state index contributed by atoms with van der Waals surface area (Å²) in [4.78, 5) is 12.4. The van der Waals surface area contributed by atoms with Crippen LogP contribution >= 0.6 is 0 Å². The van der Waals surface area contributed by atoms with Gasteiger partial charge in [0.15, 0.2) is 9.84 Å². The summed E-state index contributed by atoms with van der Waals surface area (Å²) in [5.41, 5.74) is 0.447. The van der Waals surface area contributed by atoms with Gasteiger partial charge in [0.1, 0.15) is 10.1 Å². The summed E-state index contributed by atoms with van der Waals surface area (Å²) in [6.07, 6.45) is 1.29. The van der Waals surface area contributed by atoms with Crippen LogP contribution in [-0.2, 0) is 31.2 Å². The molecule has 1 aliphatic heterocycles. The van der Waals surface area contributed by atoms with Gasteiger partial charge in [-0.2, -0.15) is 0 Å². The van der Waals surface area contributed by atoms with Gasteiger partial charge in [0.2, 0.25) is 5.91 Å². The maximum atomic E-state index is 12.4. The molecule has 3 atom stereocenters. The number of sulfone groups is 1. The molecule has 1 saturated heterocycles. The summed E-state index contributed by atoms with van der Waals surface area (Å²) in [5, 5.41) is 15.6. The van der Waals surface area contributed by atoms with Crippen molar-refractivity contribution in [1.29, 1.82) is 0 Å². The number of hydrogen-bond donors (Lipinski definition) is 3. The van der Waals surface area contributed by atoms with Crippen LogP contribution in [0.5, 0.6) is 0 Å². The third kappa shape index (κ3) is 5.51. The first-order valence-electron chi connectivity index (χ1n) is 7.92. The van der Waals surface area contributed by atoms with E-state index < -0.39 is 42.2 Å². The maximum absolute atomic E-state index is 12.4. The van der Waals surface area contributed by atoms with Crippen LogP contribution in [0.4, 0.5) is 0 Å². The molecule has 0 aliphatic carbocycles. The second-order valence-electron chi connectivity index (χ2n) is 6.26. The third-order valence-corrected chi connectivity index (χ3v) is 8.17. The molecule has 0 radical (unpaired) electrons. The van der Waals surface area contributed by atoms with Crippen LogP contribution in [0, 0.1) is 0 Å². The fourth-order valence-corrected chi connectivity index (χ4v) is 5.55. The van der Waals surface area contributed by atoms with Gasteiger partial charge in [-0.05, 0) is 31.4 Å². The molecule has 2 rings (SSSR count). The zero-order valence-electron chi connectivity index (χ0n) is 15.1. The first kappa shape index (κ1) is 24.5. The molecule has 1 aromatic carbocycles. The van der Waals surface area contributed by atoms with Crippen LogP contribution < -0.4 is 40.2 Å². The van der Waals surface area contributed by atoms with Gasteiger partial charge in [-0.15, -0.1) is 0 Å². The summed E-state index contributed by atoms with van der Waals surface area (Å²) in [5.74, 6) is -0.672. The quantitative estimate of drug-likeness (QED) is 0.291. The molecule has 1 aliphatic rings. The summed E-state index contributed by atoms with van der Waals surface area (Å²) in [7, 11) is -10.5. The predicted molar refractivity (Wildman–Crippen MR) is 92.6 cm³/mol. The number of aliphatic hydroxyl groups is 1. The van der Waals surface area contributed by atoms with Crippen LogP contribution in [0.1, 0.15) is 18.4 Å². The minimum atomic E-state index is -5.73. The van der Waals surface area contributed by atoms with Crippen molar-refractivity contribution in [2.45, 2.75) is 35.6 Å². The normalized spacial score (nSPS) is 20.9. The fraction of sp³-hybridized carbons (Fsp3) is 0.533. The van der Waals surface area contributed by atoms with E-state index in [2.05, 4.69) is 10.6 Å². The van der Waals surface area contributed by atoms with Gasteiger partial charge in [-0.3, -0.25) is 4.79 Å². The van der Waals surface area contributed by atoms with E-state index in [0.717, 1.165) is 6.42 Å². The Labute approximate surface area is 180 Å². The molecule has 0 spiro atoms. The molecule has 27 heavy (non-hydrogen) atoms. The molecule has 1 fully saturated rings. The predicted octanol–water partition coefficient (Wildman–Crippen LogP) is -4.29. The number of nitrogens with one attached hydrogen (secondary N) is 2. The van der Waals surface area contributed by atoms with E-state index in [9.17, 15) is 31.3 Å². The largest absolute Gasteiger partial charge is 1.00 e. The van der Waals surface area contributed by atoms with Gasteiger partial charge in [0.25, 0.3) is 4.27 Å². The number of rotatable bonds is 7. The van der Waals surface area contributed by atoms with Gasteiger partial charge in [0, 0.05) is 6.26 Å². The van der Waals surface area contributed by atoms with Crippen LogP contribution in [0.2, 0.25) is 0 Å². The zero-order valence-corrected chi connectivity index (χ0v) is 18.7. The minimum Gasteiger partial charge on any atom is -0.745 e. The average molecular weight is 428 g/mol. The molecule has 146 valence electrons. The molecule has 3 N–H and O–H groups in total. The Hall–Kier alpha value is -0.530. The van der Waals surface area contributed by atoms with E-state index in [0.29, 0.717) is 24.8 Å². The molecule has 9 nitrogen and oxygen atoms in total. The van der Waals surface area contributed by atoms with Crippen molar-refractivity contribution < 1.29 is 60.8 Å². The number of carbonyl (C=O) groups is 1. The van der Waals surface area contributed by atoms with Gasteiger partial charge >= 0.3 is 29.6 Å². The van der Waals surface area contributed by atoms with E-state index in [-0.39, 0.29) is 36.0 Å². The van der Waals surface area contributed by atoms with Crippen molar-refractivity contribution in [2.24, 2.45) is 0 Å². The van der Waals surface area contributed by atoms with Crippen LogP contribution in [0.3, 0.4) is 0 Å². The molecule has 1 aromatic rings. The van der Waals surface area contributed by atoms with Crippen molar-refractivity contribution in [3.63, 3.8) is 0 Å². The molecule has 0 bridgehead atoms. The molecule has 12 heteroatoms. The van der Waals surface area contributed by atoms with Crippen LogP contribution in [0.15, 0.2) is 30.3 Å².